The Bertz CT molecular complexity index is 3110. The van der Waals surface area contributed by atoms with Crippen molar-refractivity contribution in [3.8, 4) is 11.4 Å². The summed E-state index contributed by atoms with van der Waals surface area (Å²) in [7, 11) is 0. The largest absolute Gasteiger partial charge is 0.311 e. The van der Waals surface area contributed by atoms with Gasteiger partial charge in [-0.2, -0.15) is 0 Å². The molecule has 0 atom stereocenters. The molecular formula is C54H38N4. The van der Waals surface area contributed by atoms with Crippen LogP contribution in [0, 0.1) is 0 Å². The predicted molar refractivity (Wildman–Crippen MR) is 247 cm³/mol. The molecule has 4 heteroatoms. The second-order valence-electron chi connectivity index (χ2n) is 14.8. The second kappa shape index (κ2) is 13.4. The molecule has 0 unspecified atom stereocenters. The molecule has 3 aromatic heterocycles. The van der Waals surface area contributed by atoms with Gasteiger partial charge in [-0.3, -0.25) is 0 Å². The van der Waals surface area contributed by atoms with Gasteiger partial charge in [0.2, 0.25) is 0 Å². The average Bonchev–Trinajstić information content (AvgIpc) is 3.92. The van der Waals surface area contributed by atoms with E-state index in [4.69, 9.17) is 0 Å². The molecule has 0 aliphatic carbocycles. The molecular weight excluding hydrogens is 705 g/mol. The predicted octanol–water partition coefficient (Wildman–Crippen LogP) is 14.4. The zero-order chi connectivity index (χ0) is 38.7. The third kappa shape index (κ3) is 5.23. The first-order chi connectivity index (χ1) is 28.6. The molecule has 11 rings (SSSR count). The Labute approximate surface area is 336 Å². The summed E-state index contributed by atoms with van der Waals surface area (Å²) >= 11 is 0. The van der Waals surface area contributed by atoms with E-state index in [1.807, 2.05) is 0 Å². The number of aromatic nitrogens is 3. The van der Waals surface area contributed by atoms with Crippen molar-refractivity contribution in [2.75, 3.05) is 4.90 Å². The van der Waals surface area contributed by atoms with Gasteiger partial charge in [-0.15, -0.1) is 0 Å². The van der Waals surface area contributed by atoms with Gasteiger partial charge in [0.05, 0.1) is 33.1 Å². The number of nitrogens with zero attached hydrogens (tertiary/aromatic N) is 4. The molecule has 0 N–H and O–H groups in total. The summed E-state index contributed by atoms with van der Waals surface area (Å²) in [6.45, 7) is 9.24. The third-order valence-electron chi connectivity index (χ3n) is 11.5. The lowest BCUT2D eigenvalue weighted by Gasteiger charge is -2.26. The number of hydrogen-bond acceptors (Lipinski definition) is 1. The lowest BCUT2D eigenvalue weighted by molar-refractivity contribution is 1.15. The first-order valence-corrected chi connectivity index (χ1v) is 19.7. The lowest BCUT2D eigenvalue weighted by Crippen LogP contribution is -2.14. The Kier molecular flexibility index (Phi) is 7.76. The average molecular weight is 743 g/mol. The van der Waals surface area contributed by atoms with Crippen molar-refractivity contribution in [2.24, 2.45) is 0 Å². The first kappa shape index (κ1) is 33.5. The summed E-state index contributed by atoms with van der Waals surface area (Å²) in [5.74, 6) is 0. The molecule has 0 spiro atoms. The van der Waals surface area contributed by atoms with Gasteiger partial charge in [-0.1, -0.05) is 122 Å². The summed E-state index contributed by atoms with van der Waals surface area (Å²) in [4.78, 5) is 2.22. The van der Waals surface area contributed by atoms with Crippen LogP contribution in [0.3, 0.4) is 0 Å². The molecule has 4 nitrogen and oxygen atoms in total. The molecule has 0 radical (unpaired) electrons. The fourth-order valence-electron chi connectivity index (χ4n) is 8.96. The number of para-hydroxylation sites is 6. The number of allylic oxidation sites excluding steroid dienone is 3. The van der Waals surface area contributed by atoms with Crippen LogP contribution in [0.25, 0.3) is 82.5 Å². The van der Waals surface area contributed by atoms with Crippen LogP contribution in [-0.2, 0) is 0 Å². The maximum absolute atomic E-state index is 4.67. The molecule has 0 fully saturated rings. The second-order valence-corrected chi connectivity index (χ2v) is 14.8. The van der Waals surface area contributed by atoms with Crippen LogP contribution >= 0.6 is 0 Å². The minimum atomic E-state index is 0.816. The van der Waals surface area contributed by atoms with E-state index in [2.05, 4.69) is 238 Å². The zero-order valence-corrected chi connectivity index (χ0v) is 31.8. The Morgan fingerprint density at radius 3 is 0.983 bits per heavy atom. The topological polar surface area (TPSA) is 18.0 Å². The normalized spacial score (nSPS) is 11.9. The van der Waals surface area contributed by atoms with E-state index in [0.29, 0.717) is 0 Å². The van der Waals surface area contributed by atoms with Gasteiger partial charge in [0.15, 0.2) is 0 Å². The fraction of sp³-hybridized carbons (Fsp3) is 0. The molecule has 0 aliphatic rings. The van der Waals surface area contributed by atoms with Gasteiger partial charge in [0.1, 0.15) is 0 Å². The number of anilines is 2. The SMILES string of the molecule is C=C(/C=C\C(=C)n1c2ccccc2c2ccccc21)N(c1ccc(-n2c3ccccc3c3ccccc32)cc1)c1ccc(-n2c3ccccc3c3ccccc32)cc1. The Balaban J connectivity index is 1.01. The number of benzene rings is 8. The van der Waals surface area contributed by atoms with E-state index in [0.717, 1.165) is 45.2 Å². The van der Waals surface area contributed by atoms with Gasteiger partial charge < -0.3 is 18.6 Å². The van der Waals surface area contributed by atoms with E-state index >= 15 is 0 Å². The van der Waals surface area contributed by atoms with Crippen molar-refractivity contribution in [3.05, 3.63) is 225 Å². The van der Waals surface area contributed by atoms with Gasteiger partial charge in [-0.25, -0.2) is 0 Å². The summed E-state index contributed by atoms with van der Waals surface area (Å²) in [6.07, 6.45) is 4.15. The van der Waals surface area contributed by atoms with Crippen molar-refractivity contribution in [3.63, 3.8) is 0 Å². The van der Waals surface area contributed by atoms with E-state index in [1.54, 1.807) is 0 Å². The maximum Gasteiger partial charge on any atom is 0.0541 e. The third-order valence-corrected chi connectivity index (χ3v) is 11.5. The monoisotopic (exact) mass is 742 g/mol. The van der Waals surface area contributed by atoms with Crippen LogP contribution in [0.5, 0.6) is 0 Å². The smallest absolute Gasteiger partial charge is 0.0541 e. The Hall–Kier alpha value is -7.82. The van der Waals surface area contributed by atoms with Crippen LogP contribution in [0.2, 0.25) is 0 Å². The minimum absolute atomic E-state index is 0.816. The molecule has 0 bridgehead atoms. The molecule has 0 amide bonds. The highest BCUT2D eigenvalue weighted by molar-refractivity contribution is 6.11. The zero-order valence-electron chi connectivity index (χ0n) is 31.8. The fourth-order valence-corrected chi connectivity index (χ4v) is 8.96. The highest BCUT2D eigenvalue weighted by Gasteiger charge is 2.17. The molecule has 11 aromatic rings. The summed E-state index contributed by atoms with van der Waals surface area (Å²) < 4.78 is 6.94. The van der Waals surface area contributed by atoms with Crippen LogP contribution in [0.4, 0.5) is 11.4 Å². The standard InChI is InChI=1S/C54H38N4/c1-37(27-28-38(2)56-49-21-9-3-15-43(49)44-16-4-10-22-50(44)56)55(39-29-33-41(34-30-39)57-51-23-11-5-17-45(51)46-18-6-12-24-52(46)57)40-31-35-42(36-32-40)58-53-25-13-7-19-47(53)48-20-8-14-26-54(48)58/h3-36H,1-2H2/b28-27-. The summed E-state index contributed by atoms with van der Waals surface area (Å²) in [6, 6.07) is 69.2. The molecule has 274 valence electrons. The van der Waals surface area contributed by atoms with Gasteiger partial charge in [-0.05, 0) is 97.1 Å². The summed E-state index contributed by atoms with van der Waals surface area (Å²) in [5.41, 5.74) is 12.9. The van der Waals surface area contributed by atoms with Crippen molar-refractivity contribution in [2.45, 2.75) is 0 Å². The van der Waals surface area contributed by atoms with Crippen LogP contribution in [-0.4, -0.2) is 13.7 Å². The van der Waals surface area contributed by atoms with Crippen LogP contribution in [0.15, 0.2) is 225 Å². The first-order valence-electron chi connectivity index (χ1n) is 19.7. The highest BCUT2D eigenvalue weighted by Crippen LogP contribution is 2.38. The highest BCUT2D eigenvalue weighted by atomic mass is 15.1. The molecule has 58 heavy (non-hydrogen) atoms. The number of hydrogen-bond donors (Lipinski definition) is 0. The quantitative estimate of drug-likeness (QED) is 0.142. The molecule has 0 aliphatic heterocycles. The number of fused-ring (bicyclic) bond motifs is 9. The van der Waals surface area contributed by atoms with Crippen molar-refractivity contribution < 1.29 is 0 Å². The lowest BCUT2D eigenvalue weighted by atomic mass is 10.1. The Morgan fingerprint density at radius 1 is 0.345 bits per heavy atom. The molecule has 0 saturated heterocycles. The van der Waals surface area contributed by atoms with Crippen LogP contribution in [0.1, 0.15) is 0 Å². The van der Waals surface area contributed by atoms with Gasteiger partial charge in [0, 0.05) is 66.5 Å². The van der Waals surface area contributed by atoms with E-state index in [9.17, 15) is 0 Å². The minimum Gasteiger partial charge on any atom is -0.311 e. The number of rotatable bonds is 8. The van der Waals surface area contributed by atoms with Crippen molar-refractivity contribution in [1.82, 2.24) is 13.7 Å². The van der Waals surface area contributed by atoms with Crippen molar-refractivity contribution in [1.29, 1.82) is 0 Å². The molecule has 8 aromatic carbocycles. The van der Waals surface area contributed by atoms with Crippen LogP contribution < -0.4 is 4.90 Å². The maximum atomic E-state index is 4.67. The van der Waals surface area contributed by atoms with Gasteiger partial charge >= 0.3 is 0 Å². The van der Waals surface area contributed by atoms with Gasteiger partial charge in [0.25, 0.3) is 0 Å². The van der Waals surface area contributed by atoms with Crippen molar-refractivity contribution >= 4 is 82.5 Å². The van der Waals surface area contributed by atoms with E-state index < -0.39 is 0 Å². The summed E-state index contributed by atoms with van der Waals surface area (Å²) in [5, 5.41) is 7.39. The van der Waals surface area contributed by atoms with E-state index in [-0.39, 0.29) is 0 Å². The molecule has 0 saturated carbocycles. The van der Waals surface area contributed by atoms with E-state index in [1.165, 1.54) is 54.4 Å². The molecule has 3 heterocycles. The Morgan fingerprint density at radius 2 is 0.638 bits per heavy atom.